The van der Waals surface area contributed by atoms with Gasteiger partial charge in [-0.05, 0) is 44.5 Å². The van der Waals surface area contributed by atoms with E-state index in [0.29, 0.717) is 11.3 Å². The predicted molar refractivity (Wildman–Crippen MR) is 146 cm³/mol. The monoisotopic (exact) mass is 830 g/mol. The first kappa shape index (κ1) is 36.2. The van der Waals surface area contributed by atoms with Crippen molar-refractivity contribution in [3.05, 3.63) is 39.7 Å². The van der Waals surface area contributed by atoms with Crippen LogP contribution in [0.25, 0.3) is 5.76 Å². The number of benzene rings is 1. The summed E-state index contributed by atoms with van der Waals surface area (Å²) in [5, 5.41) is 48.5. The SMILES string of the molecule is CN(C)c1cc(/C=N/NCC(F)(F)F)c(O)c2c1C[C@H]1C[C@H]3[C@H](N(C)C)C(=O)C(C(N)=O)=C(O)[C@@]3(O)C(=O)C1=C2O.[B].[U]. The maximum Gasteiger partial charge on any atom is 0.407 e. The quantitative estimate of drug-likeness (QED) is 0.0997. The number of phenolic OH excluding ortho intramolecular Hbond substituents is 1. The summed E-state index contributed by atoms with van der Waals surface area (Å²) in [7, 11) is 6.32. The van der Waals surface area contributed by atoms with Crippen LogP contribution in [0.3, 0.4) is 0 Å². The molecule has 0 heterocycles. The van der Waals surface area contributed by atoms with Crippen LogP contribution in [-0.2, 0) is 20.8 Å². The van der Waals surface area contributed by atoms with Crippen molar-refractivity contribution in [3.8, 4) is 5.75 Å². The molecular formula is C26H30BF3N5O7U. The van der Waals surface area contributed by atoms with Crippen LogP contribution in [0, 0.1) is 42.9 Å². The molecule has 1 amide bonds. The first-order chi connectivity index (χ1) is 18.9. The summed E-state index contributed by atoms with van der Waals surface area (Å²) in [6.45, 7) is -1.43. The molecule has 0 saturated heterocycles. The second-order valence-corrected chi connectivity index (χ2v) is 10.8. The van der Waals surface area contributed by atoms with Crippen molar-refractivity contribution in [2.24, 2.45) is 22.7 Å². The summed E-state index contributed by atoms with van der Waals surface area (Å²) in [4.78, 5) is 42.2. The van der Waals surface area contributed by atoms with Crippen molar-refractivity contribution in [1.82, 2.24) is 10.3 Å². The van der Waals surface area contributed by atoms with Crippen molar-refractivity contribution in [3.63, 3.8) is 0 Å². The summed E-state index contributed by atoms with van der Waals surface area (Å²) in [5.74, 6) is -7.88. The molecule has 4 atom stereocenters. The fourth-order valence-corrected chi connectivity index (χ4v) is 6.06. The Bertz CT molecular complexity index is 1450. The molecule has 17 heteroatoms. The number of aliphatic hydroxyl groups excluding tert-OH is 2. The first-order valence-electron chi connectivity index (χ1n) is 12.5. The van der Waals surface area contributed by atoms with Gasteiger partial charge in [-0.1, -0.05) is 0 Å². The number of hydrogen-bond donors (Lipinski definition) is 6. The Morgan fingerprint density at radius 1 is 1.21 bits per heavy atom. The Hall–Kier alpha value is -2.99. The van der Waals surface area contributed by atoms with Gasteiger partial charge in [0, 0.05) is 76.4 Å². The molecule has 1 saturated carbocycles. The second kappa shape index (κ2) is 12.5. The summed E-state index contributed by atoms with van der Waals surface area (Å²) in [6.07, 6.45) is -3.64. The van der Waals surface area contributed by atoms with Crippen LogP contribution in [0.1, 0.15) is 23.1 Å². The number of aliphatic hydroxyl groups is 3. The van der Waals surface area contributed by atoms with E-state index in [9.17, 15) is 48.0 Å². The van der Waals surface area contributed by atoms with E-state index < -0.39 is 76.5 Å². The standard InChI is InChI=1S/C26H30F3N5O7.B.U/c1-33(2)14-7-11(8-31-32-9-25(27,28)29)19(35)16-12(14)5-10-6-13-18(34(3)4)21(37)17(24(30)40)23(39)26(13,41)22(38)15(10)20(16)36;;/h7-8,10,13,18,32,35-36,39,41H,5-6,9H2,1-4H3,(H2,30,40);;/b31-8+;;/t10-,13-,18-,26-;;/m0../s1. The minimum absolute atomic E-state index is 0. The molecule has 4 rings (SSSR count). The van der Waals surface area contributed by atoms with Crippen molar-refractivity contribution in [2.45, 2.75) is 30.7 Å². The number of amides is 1. The van der Waals surface area contributed by atoms with Gasteiger partial charge >= 0.3 is 6.18 Å². The van der Waals surface area contributed by atoms with Gasteiger partial charge in [-0.15, -0.1) is 0 Å². The molecule has 12 nitrogen and oxygen atoms in total. The topological polar surface area (TPSA) is 189 Å². The molecule has 0 unspecified atom stereocenters. The molecule has 7 N–H and O–H groups in total. The van der Waals surface area contributed by atoms with Gasteiger partial charge in [-0.3, -0.25) is 19.3 Å². The normalized spacial score (nSPS) is 25.1. The van der Waals surface area contributed by atoms with E-state index >= 15 is 0 Å². The Morgan fingerprint density at radius 3 is 2.33 bits per heavy atom. The predicted octanol–water partition coefficient (Wildman–Crippen LogP) is 0.135. The zero-order valence-electron chi connectivity index (χ0n) is 23.7. The third-order valence-electron chi connectivity index (χ3n) is 7.78. The Kier molecular flexibility index (Phi) is 10.6. The molecule has 43 heavy (non-hydrogen) atoms. The third kappa shape index (κ3) is 5.92. The van der Waals surface area contributed by atoms with E-state index in [0.717, 1.165) is 6.21 Å². The van der Waals surface area contributed by atoms with Gasteiger partial charge in [-0.25, -0.2) is 0 Å². The number of hydrogen-bond acceptors (Lipinski definition) is 11. The molecule has 0 spiro atoms. The van der Waals surface area contributed by atoms with Gasteiger partial charge in [0.05, 0.1) is 17.8 Å². The maximum absolute atomic E-state index is 13.9. The number of fused-ring (bicyclic) bond motifs is 3. The number of nitrogens with one attached hydrogen (secondary N) is 1. The number of carbonyl (C=O) groups excluding carboxylic acids is 3. The average molecular weight is 830 g/mol. The van der Waals surface area contributed by atoms with Crippen molar-refractivity contribution >= 4 is 43.5 Å². The largest absolute Gasteiger partial charge is 0.508 e. The molecule has 0 aromatic heterocycles. The van der Waals surface area contributed by atoms with E-state index in [1.807, 2.05) is 5.43 Å². The number of primary amides is 1. The number of carbonyl (C=O) groups is 3. The molecule has 1 aromatic rings. The Balaban J connectivity index is 0.00000323. The number of anilines is 1. The third-order valence-corrected chi connectivity index (χ3v) is 7.78. The van der Waals surface area contributed by atoms with Crippen LogP contribution in [0.15, 0.2) is 28.1 Å². The molecule has 0 aliphatic heterocycles. The van der Waals surface area contributed by atoms with Gasteiger partial charge in [0.15, 0.2) is 11.4 Å². The summed E-state index contributed by atoms with van der Waals surface area (Å²) in [5.41, 5.74) is 3.65. The van der Waals surface area contributed by atoms with Crippen LogP contribution >= 0.6 is 0 Å². The number of Topliss-reactive ketones (excluding diaryl/α,β-unsaturated/α-hetero) is 2. The van der Waals surface area contributed by atoms with Crippen LogP contribution in [-0.4, -0.2) is 110 Å². The number of aromatic hydroxyl groups is 1. The van der Waals surface area contributed by atoms with E-state index in [1.165, 1.54) is 25.1 Å². The minimum Gasteiger partial charge on any atom is -0.508 e. The molecule has 3 radical (unpaired) electrons. The minimum atomic E-state index is -4.54. The number of hydrazone groups is 1. The number of rotatable bonds is 6. The van der Waals surface area contributed by atoms with Gasteiger partial charge in [-0.2, -0.15) is 18.3 Å². The Labute approximate surface area is 270 Å². The molecule has 229 valence electrons. The van der Waals surface area contributed by atoms with Gasteiger partial charge in [0.1, 0.15) is 29.4 Å². The maximum atomic E-state index is 13.9. The number of ketones is 2. The molecule has 1 fully saturated rings. The first-order valence-corrected chi connectivity index (χ1v) is 12.5. The summed E-state index contributed by atoms with van der Waals surface area (Å²) >= 11 is 0. The van der Waals surface area contributed by atoms with E-state index in [1.54, 1.807) is 19.0 Å². The van der Waals surface area contributed by atoms with E-state index in [4.69, 9.17) is 5.73 Å². The number of halogens is 3. The van der Waals surface area contributed by atoms with Crippen molar-refractivity contribution in [2.75, 3.05) is 39.6 Å². The summed E-state index contributed by atoms with van der Waals surface area (Å²) < 4.78 is 37.5. The molecular weight excluding hydrogens is 800 g/mol. The van der Waals surface area contributed by atoms with Crippen LogP contribution in [0.2, 0.25) is 0 Å². The van der Waals surface area contributed by atoms with Gasteiger partial charge in [0.2, 0.25) is 5.78 Å². The van der Waals surface area contributed by atoms with Gasteiger partial charge in [0.25, 0.3) is 5.91 Å². The molecule has 1 aromatic carbocycles. The average Bonchev–Trinajstić information content (AvgIpc) is 2.83. The second-order valence-electron chi connectivity index (χ2n) is 10.8. The Morgan fingerprint density at radius 2 is 1.81 bits per heavy atom. The zero-order valence-corrected chi connectivity index (χ0v) is 27.8. The fraction of sp³-hybridized carbons (Fsp3) is 0.462. The van der Waals surface area contributed by atoms with E-state index in [-0.39, 0.29) is 69.1 Å². The van der Waals surface area contributed by atoms with Gasteiger partial charge < -0.3 is 36.5 Å². The van der Waals surface area contributed by atoms with Crippen LogP contribution in [0.4, 0.5) is 18.9 Å². The molecule has 3 aliphatic carbocycles. The molecule has 3 aliphatic rings. The number of alkyl halides is 3. The molecule has 0 bridgehead atoms. The van der Waals surface area contributed by atoms with Crippen molar-refractivity contribution in [1.29, 1.82) is 0 Å². The zero-order chi connectivity index (χ0) is 30.8. The fourth-order valence-electron chi connectivity index (χ4n) is 6.06. The number of nitrogens with zero attached hydrogens (tertiary/aromatic N) is 3. The summed E-state index contributed by atoms with van der Waals surface area (Å²) in [6, 6.07) is 0.240. The smallest absolute Gasteiger partial charge is 0.407 e. The van der Waals surface area contributed by atoms with Crippen molar-refractivity contribution < 1.29 is 79.1 Å². The van der Waals surface area contributed by atoms with E-state index in [2.05, 4.69) is 5.10 Å². The van der Waals surface area contributed by atoms with Crippen LogP contribution in [0.5, 0.6) is 5.75 Å². The number of likely N-dealkylation sites (N-methyl/N-ethyl adjacent to an activating group) is 1. The number of nitrogens with two attached hydrogens (primary N) is 1. The van der Waals surface area contributed by atoms with Crippen LogP contribution < -0.4 is 16.1 Å². The number of phenols is 1.